The molecule has 0 aliphatic carbocycles. The van der Waals surface area contributed by atoms with Crippen LogP contribution in [0, 0.1) is 18.7 Å². The first-order valence-electron chi connectivity index (χ1n) is 6.79. The number of benzene rings is 1. The molecule has 18 heavy (non-hydrogen) atoms. The lowest BCUT2D eigenvalue weighted by atomic mass is 9.99. The van der Waals surface area contributed by atoms with Gasteiger partial charge in [-0.05, 0) is 56.2 Å². The lowest BCUT2D eigenvalue weighted by molar-refractivity contribution is 0.435. The highest BCUT2D eigenvalue weighted by Gasteiger charge is 2.12. The number of nitrogens with one attached hydrogen (secondary N) is 1. The average Bonchev–Trinajstić information content (AvgIpc) is 2.40. The Bertz CT molecular complexity index is 375. The standard InChI is InChI=1S/C15H22FNS/c1-12-2-3-15(16)14(10-12)11-17-7-4-13-5-8-18-9-6-13/h2-3,10,13,17H,4-9,11H2,1H3. The van der Waals surface area contributed by atoms with Crippen LogP contribution in [0.5, 0.6) is 0 Å². The summed E-state index contributed by atoms with van der Waals surface area (Å²) in [6, 6.07) is 5.31. The number of hydrogen-bond acceptors (Lipinski definition) is 2. The maximum Gasteiger partial charge on any atom is 0.127 e. The number of thioether (sulfide) groups is 1. The zero-order chi connectivity index (χ0) is 12.8. The van der Waals surface area contributed by atoms with Crippen molar-refractivity contribution in [3.8, 4) is 0 Å². The number of hydrogen-bond donors (Lipinski definition) is 1. The fourth-order valence-corrected chi connectivity index (χ4v) is 3.61. The molecule has 1 aliphatic heterocycles. The van der Waals surface area contributed by atoms with E-state index < -0.39 is 0 Å². The van der Waals surface area contributed by atoms with Crippen LogP contribution in [0.2, 0.25) is 0 Å². The maximum absolute atomic E-state index is 13.5. The average molecular weight is 267 g/mol. The van der Waals surface area contributed by atoms with Gasteiger partial charge in [0.15, 0.2) is 0 Å². The highest BCUT2D eigenvalue weighted by atomic mass is 32.2. The van der Waals surface area contributed by atoms with E-state index >= 15 is 0 Å². The van der Waals surface area contributed by atoms with Crippen molar-refractivity contribution in [2.24, 2.45) is 5.92 Å². The van der Waals surface area contributed by atoms with Crippen molar-refractivity contribution in [2.45, 2.75) is 32.7 Å². The van der Waals surface area contributed by atoms with Gasteiger partial charge in [-0.1, -0.05) is 17.7 Å². The Hall–Kier alpha value is -0.540. The summed E-state index contributed by atoms with van der Waals surface area (Å²) in [7, 11) is 0. The monoisotopic (exact) mass is 267 g/mol. The molecule has 1 fully saturated rings. The van der Waals surface area contributed by atoms with Crippen LogP contribution >= 0.6 is 11.8 Å². The second-order valence-corrected chi connectivity index (χ2v) is 6.34. The van der Waals surface area contributed by atoms with Gasteiger partial charge in [-0.15, -0.1) is 0 Å². The third-order valence-electron chi connectivity index (χ3n) is 3.59. The second kappa shape index (κ2) is 7.15. The van der Waals surface area contributed by atoms with Crippen LogP contribution in [0.4, 0.5) is 4.39 Å². The minimum absolute atomic E-state index is 0.0952. The van der Waals surface area contributed by atoms with Crippen molar-refractivity contribution in [1.29, 1.82) is 0 Å². The molecule has 1 nitrogen and oxygen atoms in total. The molecule has 1 N–H and O–H groups in total. The molecule has 0 unspecified atom stereocenters. The third kappa shape index (κ3) is 4.29. The molecule has 1 aromatic rings. The van der Waals surface area contributed by atoms with Crippen molar-refractivity contribution in [3.63, 3.8) is 0 Å². The largest absolute Gasteiger partial charge is 0.313 e. The molecule has 0 atom stereocenters. The molecular weight excluding hydrogens is 245 g/mol. The summed E-state index contributed by atoms with van der Waals surface area (Å²) in [5.74, 6) is 3.41. The van der Waals surface area contributed by atoms with Crippen LogP contribution in [0.1, 0.15) is 30.4 Å². The number of halogens is 1. The molecule has 2 rings (SSSR count). The predicted octanol–water partition coefficient (Wildman–Crippen LogP) is 3.76. The molecule has 3 heteroatoms. The van der Waals surface area contributed by atoms with Gasteiger partial charge >= 0.3 is 0 Å². The lowest BCUT2D eigenvalue weighted by Crippen LogP contribution is -2.20. The molecule has 100 valence electrons. The molecule has 1 heterocycles. The molecule has 1 saturated heterocycles. The first-order chi connectivity index (χ1) is 8.75. The van der Waals surface area contributed by atoms with Crippen LogP contribution in [0.3, 0.4) is 0 Å². The van der Waals surface area contributed by atoms with Crippen molar-refractivity contribution < 1.29 is 4.39 Å². The van der Waals surface area contributed by atoms with Crippen molar-refractivity contribution in [2.75, 3.05) is 18.1 Å². The molecule has 0 aromatic heterocycles. The van der Waals surface area contributed by atoms with Crippen molar-refractivity contribution >= 4 is 11.8 Å². The van der Waals surface area contributed by atoms with Gasteiger partial charge in [-0.2, -0.15) is 11.8 Å². The fourth-order valence-electron chi connectivity index (χ4n) is 2.40. The van der Waals surface area contributed by atoms with E-state index in [4.69, 9.17) is 0 Å². The van der Waals surface area contributed by atoms with E-state index in [-0.39, 0.29) is 5.82 Å². The minimum Gasteiger partial charge on any atom is -0.313 e. The van der Waals surface area contributed by atoms with Gasteiger partial charge in [0.25, 0.3) is 0 Å². The van der Waals surface area contributed by atoms with Crippen LogP contribution < -0.4 is 5.32 Å². The van der Waals surface area contributed by atoms with Gasteiger partial charge in [0, 0.05) is 12.1 Å². The third-order valence-corrected chi connectivity index (χ3v) is 4.64. The summed E-state index contributed by atoms with van der Waals surface area (Å²) in [5.41, 5.74) is 1.91. The van der Waals surface area contributed by atoms with Crippen LogP contribution in [0.25, 0.3) is 0 Å². The second-order valence-electron chi connectivity index (χ2n) is 5.12. The number of aryl methyl sites for hydroxylation is 1. The fraction of sp³-hybridized carbons (Fsp3) is 0.600. The van der Waals surface area contributed by atoms with Crippen molar-refractivity contribution in [3.05, 3.63) is 35.1 Å². The summed E-state index contributed by atoms with van der Waals surface area (Å²) in [6.07, 6.45) is 3.93. The Morgan fingerprint density at radius 2 is 2.11 bits per heavy atom. The van der Waals surface area contributed by atoms with E-state index in [0.29, 0.717) is 6.54 Å². The van der Waals surface area contributed by atoms with Gasteiger partial charge < -0.3 is 5.32 Å². The Morgan fingerprint density at radius 1 is 1.33 bits per heavy atom. The van der Waals surface area contributed by atoms with E-state index in [1.165, 1.54) is 30.8 Å². The van der Waals surface area contributed by atoms with Gasteiger partial charge in [0.1, 0.15) is 5.82 Å². The maximum atomic E-state index is 13.5. The molecular formula is C15H22FNS. The normalized spacial score (nSPS) is 17.0. The van der Waals surface area contributed by atoms with E-state index in [9.17, 15) is 4.39 Å². The molecule has 1 aromatic carbocycles. The molecule has 1 aliphatic rings. The van der Waals surface area contributed by atoms with Gasteiger partial charge in [0.05, 0.1) is 0 Å². The summed E-state index contributed by atoms with van der Waals surface area (Å²) in [6.45, 7) is 3.65. The molecule has 0 saturated carbocycles. The smallest absolute Gasteiger partial charge is 0.127 e. The highest BCUT2D eigenvalue weighted by molar-refractivity contribution is 7.99. The van der Waals surface area contributed by atoms with E-state index in [1.807, 2.05) is 19.1 Å². The zero-order valence-electron chi connectivity index (χ0n) is 11.0. The van der Waals surface area contributed by atoms with Gasteiger partial charge in [-0.25, -0.2) is 4.39 Å². The van der Waals surface area contributed by atoms with Crippen molar-refractivity contribution in [1.82, 2.24) is 5.32 Å². The molecule has 0 bridgehead atoms. The van der Waals surface area contributed by atoms with E-state index in [0.717, 1.165) is 23.6 Å². The SMILES string of the molecule is Cc1ccc(F)c(CNCCC2CCSCC2)c1. The van der Waals surface area contributed by atoms with E-state index in [2.05, 4.69) is 17.1 Å². The lowest BCUT2D eigenvalue weighted by Gasteiger charge is -2.21. The summed E-state index contributed by atoms with van der Waals surface area (Å²) in [4.78, 5) is 0. The van der Waals surface area contributed by atoms with Gasteiger partial charge in [0.2, 0.25) is 0 Å². The molecule has 0 radical (unpaired) electrons. The highest BCUT2D eigenvalue weighted by Crippen LogP contribution is 2.24. The predicted molar refractivity (Wildman–Crippen MR) is 77.5 cm³/mol. The van der Waals surface area contributed by atoms with Gasteiger partial charge in [-0.3, -0.25) is 0 Å². The Labute approximate surface area is 114 Å². The van der Waals surface area contributed by atoms with Crippen LogP contribution in [-0.4, -0.2) is 18.1 Å². The quantitative estimate of drug-likeness (QED) is 0.815. The topological polar surface area (TPSA) is 12.0 Å². The summed E-state index contributed by atoms with van der Waals surface area (Å²) in [5, 5.41) is 3.37. The first-order valence-corrected chi connectivity index (χ1v) is 7.94. The summed E-state index contributed by atoms with van der Waals surface area (Å²) >= 11 is 2.07. The Morgan fingerprint density at radius 3 is 2.89 bits per heavy atom. The first kappa shape index (κ1) is 13.9. The van der Waals surface area contributed by atoms with E-state index in [1.54, 1.807) is 6.07 Å². The zero-order valence-corrected chi connectivity index (χ0v) is 11.9. The van der Waals surface area contributed by atoms with Crippen LogP contribution in [0.15, 0.2) is 18.2 Å². The Balaban J connectivity index is 1.69. The minimum atomic E-state index is -0.0952. The number of rotatable bonds is 5. The summed E-state index contributed by atoms with van der Waals surface area (Å²) < 4.78 is 13.5. The molecule has 0 amide bonds. The van der Waals surface area contributed by atoms with Crippen LogP contribution in [-0.2, 0) is 6.54 Å². The molecule has 0 spiro atoms. The Kier molecular flexibility index (Phi) is 5.51.